The van der Waals surface area contributed by atoms with Gasteiger partial charge in [-0.3, -0.25) is 4.79 Å². The summed E-state index contributed by atoms with van der Waals surface area (Å²) >= 11 is 1.77. The average molecular weight is 416 g/mol. The number of fused-ring (bicyclic) bond motifs is 1. The summed E-state index contributed by atoms with van der Waals surface area (Å²) < 4.78 is 0. The van der Waals surface area contributed by atoms with Crippen molar-refractivity contribution in [2.45, 2.75) is 18.9 Å². The zero-order valence-corrected chi connectivity index (χ0v) is 17.8. The molecule has 4 aromatic rings. The van der Waals surface area contributed by atoms with E-state index in [2.05, 4.69) is 40.8 Å². The summed E-state index contributed by atoms with van der Waals surface area (Å²) in [5.74, 6) is 1.78. The van der Waals surface area contributed by atoms with Gasteiger partial charge in [0.15, 0.2) is 0 Å². The molecule has 3 aromatic carbocycles. The van der Waals surface area contributed by atoms with E-state index in [9.17, 15) is 4.79 Å². The molecule has 30 heavy (non-hydrogen) atoms. The first kappa shape index (κ1) is 20.2. The van der Waals surface area contributed by atoms with Crippen LogP contribution in [0.2, 0.25) is 0 Å². The molecular formula is C25H25N3OS. The molecule has 0 aliphatic rings. The zero-order valence-electron chi connectivity index (χ0n) is 17.0. The molecule has 5 heteroatoms. The van der Waals surface area contributed by atoms with Gasteiger partial charge in [-0.25, -0.2) is 4.98 Å². The number of carbonyl (C=O) groups excluding carboxylic acids is 1. The van der Waals surface area contributed by atoms with Gasteiger partial charge in [-0.05, 0) is 47.3 Å². The molecule has 2 N–H and O–H groups in total. The minimum atomic E-state index is -0.124. The number of amides is 1. The Balaban J connectivity index is 1.44. The number of para-hydroxylation sites is 2. The fourth-order valence-electron chi connectivity index (χ4n) is 3.53. The van der Waals surface area contributed by atoms with Gasteiger partial charge in [0.2, 0.25) is 5.91 Å². The van der Waals surface area contributed by atoms with Crippen molar-refractivity contribution in [3.63, 3.8) is 0 Å². The fourth-order valence-corrected chi connectivity index (χ4v) is 4.00. The highest BCUT2D eigenvalue weighted by atomic mass is 32.2. The molecule has 0 aliphatic heterocycles. The number of aromatic nitrogens is 2. The number of H-pyrrole nitrogens is 1. The Morgan fingerprint density at radius 2 is 1.67 bits per heavy atom. The van der Waals surface area contributed by atoms with Crippen molar-refractivity contribution < 1.29 is 4.79 Å². The molecule has 0 saturated carbocycles. The summed E-state index contributed by atoms with van der Waals surface area (Å²) in [5.41, 5.74) is 5.25. The third-order valence-corrected chi connectivity index (χ3v) is 5.75. The van der Waals surface area contributed by atoms with Crippen molar-refractivity contribution in [1.29, 1.82) is 0 Å². The quantitative estimate of drug-likeness (QED) is 0.406. The van der Waals surface area contributed by atoms with E-state index in [1.165, 1.54) is 5.56 Å². The number of nitrogens with one attached hydrogen (secondary N) is 2. The lowest BCUT2D eigenvalue weighted by Crippen LogP contribution is -2.31. The van der Waals surface area contributed by atoms with E-state index >= 15 is 0 Å². The van der Waals surface area contributed by atoms with Crippen LogP contribution in [0, 0.1) is 0 Å². The Morgan fingerprint density at radius 1 is 0.967 bits per heavy atom. The number of aromatic amines is 1. The molecule has 152 valence electrons. The molecule has 0 bridgehead atoms. The first-order valence-electron chi connectivity index (χ1n) is 10.1. The average Bonchev–Trinajstić information content (AvgIpc) is 3.22. The topological polar surface area (TPSA) is 57.8 Å². The van der Waals surface area contributed by atoms with Crippen LogP contribution in [0.4, 0.5) is 0 Å². The number of benzene rings is 3. The maximum atomic E-state index is 12.8. The highest BCUT2D eigenvalue weighted by molar-refractivity contribution is 7.98. The predicted octanol–water partition coefficient (Wildman–Crippen LogP) is 5.38. The Morgan fingerprint density at radius 3 is 2.40 bits per heavy atom. The molecule has 1 heterocycles. The van der Waals surface area contributed by atoms with Gasteiger partial charge in [0.25, 0.3) is 0 Å². The maximum absolute atomic E-state index is 12.8. The van der Waals surface area contributed by atoms with E-state index in [1.807, 2.05) is 54.6 Å². The number of nitrogens with zero attached hydrogens (tertiary/aromatic N) is 1. The standard InChI is InChI=1S/C25H25N3OS/c1-30-16-15-23(25-27-21-9-5-6-10-22(21)28-25)26-24(29)17-18-11-13-20(14-12-18)19-7-3-2-4-8-19/h2-14,23H,15-17H2,1H3,(H,26,29)(H,27,28). The van der Waals surface area contributed by atoms with Crippen LogP contribution in [-0.4, -0.2) is 27.9 Å². The van der Waals surface area contributed by atoms with E-state index in [1.54, 1.807) is 11.8 Å². The molecule has 4 nitrogen and oxygen atoms in total. The number of carbonyl (C=O) groups is 1. The number of thioether (sulfide) groups is 1. The lowest BCUT2D eigenvalue weighted by atomic mass is 10.0. The number of hydrogen-bond acceptors (Lipinski definition) is 3. The molecule has 1 aromatic heterocycles. The lowest BCUT2D eigenvalue weighted by Gasteiger charge is -2.16. The maximum Gasteiger partial charge on any atom is 0.225 e. The third kappa shape index (κ3) is 4.92. The van der Waals surface area contributed by atoms with Gasteiger partial charge < -0.3 is 10.3 Å². The molecule has 0 radical (unpaired) electrons. The lowest BCUT2D eigenvalue weighted by molar-refractivity contribution is -0.121. The van der Waals surface area contributed by atoms with Crippen LogP contribution >= 0.6 is 11.8 Å². The third-order valence-electron chi connectivity index (χ3n) is 5.11. The van der Waals surface area contributed by atoms with Crippen molar-refractivity contribution in [2.24, 2.45) is 0 Å². The summed E-state index contributed by atoms with van der Waals surface area (Å²) in [4.78, 5) is 20.8. The van der Waals surface area contributed by atoms with Gasteiger partial charge in [-0.15, -0.1) is 0 Å². The number of rotatable bonds is 8. The Kier molecular flexibility index (Phi) is 6.50. The molecule has 1 unspecified atom stereocenters. The molecule has 0 saturated heterocycles. The molecule has 0 spiro atoms. The van der Waals surface area contributed by atoms with Gasteiger partial charge in [0.05, 0.1) is 23.5 Å². The number of imidazole rings is 1. The van der Waals surface area contributed by atoms with Gasteiger partial charge in [0, 0.05) is 0 Å². The van der Waals surface area contributed by atoms with Gasteiger partial charge in [0.1, 0.15) is 5.82 Å². The minimum absolute atomic E-state index is 0.00835. The smallest absolute Gasteiger partial charge is 0.225 e. The summed E-state index contributed by atoms with van der Waals surface area (Å²) in [7, 11) is 0. The normalized spacial score (nSPS) is 12.0. The van der Waals surface area contributed by atoms with Gasteiger partial charge >= 0.3 is 0 Å². The Hall–Kier alpha value is -3.05. The molecule has 0 fully saturated rings. The first-order chi connectivity index (χ1) is 14.7. The second-order valence-corrected chi connectivity index (χ2v) is 8.27. The highest BCUT2D eigenvalue weighted by Crippen LogP contribution is 2.21. The SMILES string of the molecule is CSCCC(NC(=O)Cc1ccc(-c2ccccc2)cc1)c1nc2ccccc2[nH]1. The zero-order chi connectivity index (χ0) is 20.8. The van der Waals surface area contributed by atoms with Crippen LogP contribution in [0.1, 0.15) is 23.9 Å². The van der Waals surface area contributed by atoms with Crippen LogP contribution in [-0.2, 0) is 11.2 Å². The molecular weight excluding hydrogens is 390 g/mol. The van der Waals surface area contributed by atoms with Crippen molar-refractivity contribution in [1.82, 2.24) is 15.3 Å². The molecule has 1 amide bonds. The van der Waals surface area contributed by atoms with E-state index in [0.29, 0.717) is 6.42 Å². The predicted molar refractivity (Wildman–Crippen MR) is 126 cm³/mol. The van der Waals surface area contributed by atoms with Crippen LogP contribution in [0.3, 0.4) is 0 Å². The van der Waals surface area contributed by atoms with Crippen LogP contribution < -0.4 is 5.32 Å². The Labute approximate surface area is 181 Å². The van der Waals surface area contributed by atoms with E-state index in [4.69, 9.17) is 4.98 Å². The van der Waals surface area contributed by atoms with Crippen molar-refractivity contribution in [3.8, 4) is 11.1 Å². The van der Waals surface area contributed by atoms with Crippen LogP contribution in [0.5, 0.6) is 0 Å². The number of hydrogen-bond donors (Lipinski definition) is 2. The fraction of sp³-hybridized carbons (Fsp3) is 0.200. The van der Waals surface area contributed by atoms with E-state index in [-0.39, 0.29) is 11.9 Å². The monoisotopic (exact) mass is 415 g/mol. The first-order valence-corrected chi connectivity index (χ1v) is 11.5. The van der Waals surface area contributed by atoms with Gasteiger partial charge in [-0.1, -0.05) is 66.7 Å². The van der Waals surface area contributed by atoms with E-state index in [0.717, 1.165) is 40.2 Å². The van der Waals surface area contributed by atoms with Crippen molar-refractivity contribution in [3.05, 3.63) is 90.3 Å². The second-order valence-electron chi connectivity index (χ2n) is 7.28. The largest absolute Gasteiger partial charge is 0.346 e. The van der Waals surface area contributed by atoms with Crippen LogP contribution in [0.25, 0.3) is 22.2 Å². The summed E-state index contributed by atoms with van der Waals surface area (Å²) in [6.07, 6.45) is 3.26. The van der Waals surface area contributed by atoms with Gasteiger partial charge in [-0.2, -0.15) is 11.8 Å². The molecule has 1 atom stereocenters. The second kappa shape index (κ2) is 9.63. The van der Waals surface area contributed by atoms with Crippen molar-refractivity contribution >= 4 is 28.7 Å². The minimum Gasteiger partial charge on any atom is -0.346 e. The Bertz CT molecular complexity index is 1070. The molecule has 0 aliphatic carbocycles. The van der Waals surface area contributed by atoms with E-state index < -0.39 is 0 Å². The highest BCUT2D eigenvalue weighted by Gasteiger charge is 2.18. The summed E-state index contributed by atoms with van der Waals surface area (Å²) in [6, 6.07) is 26.3. The summed E-state index contributed by atoms with van der Waals surface area (Å²) in [6.45, 7) is 0. The van der Waals surface area contributed by atoms with Crippen molar-refractivity contribution in [2.75, 3.05) is 12.0 Å². The van der Waals surface area contributed by atoms with Crippen LogP contribution in [0.15, 0.2) is 78.9 Å². The summed E-state index contributed by atoms with van der Waals surface area (Å²) in [5, 5.41) is 3.18. The molecule has 4 rings (SSSR count).